The lowest BCUT2D eigenvalue weighted by Gasteiger charge is -2.26. The van der Waals surface area contributed by atoms with E-state index in [2.05, 4.69) is 5.32 Å². The SMILES string of the molecule is COc1ccccc1C(OC(=O)c1cccs1)C(=O)NC1CCCCC1. The van der Waals surface area contributed by atoms with Crippen LogP contribution in [-0.4, -0.2) is 25.0 Å². The minimum Gasteiger partial charge on any atom is -0.496 e. The summed E-state index contributed by atoms with van der Waals surface area (Å²) in [5.74, 6) is -0.281. The molecule has 1 unspecified atom stereocenters. The van der Waals surface area contributed by atoms with Crippen molar-refractivity contribution in [3.8, 4) is 5.75 Å². The first-order valence-corrected chi connectivity index (χ1v) is 9.75. The maximum absolute atomic E-state index is 12.9. The molecule has 0 spiro atoms. The van der Waals surface area contributed by atoms with Crippen LogP contribution in [0.1, 0.15) is 53.4 Å². The third kappa shape index (κ3) is 4.43. The minimum absolute atomic E-state index is 0.133. The zero-order valence-electron chi connectivity index (χ0n) is 14.8. The van der Waals surface area contributed by atoms with Crippen molar-refractivity contribution in [3.05, 3.63) is 52.2 Å². The van der Waals surface area contributed by atoms with E-state index in [4.69, 9.17) is 9.47 Å². The van der Waals surface area contributed by atoms with Crippen LogP contribution in [0.5, 0.6) is 5.75 Å². The molecule has 2 aromatic rings. The zero-order valence-corrected chi connectivity index (χ0v) is 15.6. The Bertz CT molecular complexity index is 738. The van der Waals surface area contributed by atoms with Gasteiger partial charge in [0.1, 0.15) is 10.6 Å². The molecule has 1 saturated carbocycles. The number of amides is 1. The molecule has 26 heavy (non-hydrogen) atoms. The van der Waals surface area contributed by atoms with Gasteiger partial charge in [0.2, 0.25) is 6.10 Å². The fourth-order valence-corrected chi connectivity index (χ4v) is 3.83. The minimum atomic E-state index is -1.04. The van der Waals surface area contributed by atoms with E-state index in [1.54, 1.807) is 35.7 Å². The summed E-state index contributed by atoms with van der Waals surface area (Å²) in [6.07, 6.45) is 4.31. The summed E-state index contributed by atoms with van der Waals surface area (Å²) in [6.45, 7) is 0. The van der Waals surface area contributed by atoms with E-state index in [1.165, 1.54) is 24.9 Å². The number of carbonyl (C=O) groups is 2. The Labute approximate surface area is 157 Å². The summed E-state index contributed by atoms with van der Waals surface area (Å²) < 4.78 is 11.0. The molecule has 1 aliphatic carbocycles. The van der Waals surface area contributed by atoms with E-state index in [0.29, 0.717) is 16.2 Å². The molecule has 0 aliphatic heterocycles. The molecular formula is C20H23NO4S. The Balaban J connectivity index is 1.82. The molecule has 1 atom stereocenters. The molecule has 1 N–H and O–H groups in total. The first-order chi connectivity index (χ1) is 12.7. The van der Waals surface area contributed by atoms with E-state index in [-0.39, 0.29) is 11.9 Å². The maximum Gasteiger partial charge on any atom is 0.349 e. The summed E-state index contributed by atoms with van der Waals surface area (Å²) in [4.78, 5) is 25.9. The van der Waals surface area contributed by atoms with Crippen molar-refractivity contribution in [1.82, 2.24) is 5.32 Å². The van der Waals surface area contributed by atoms with E-state index in [1.807, 2.05) is 6.07 Å². The van der Waals surface area contributed by atoms with Crippen LogP contribution in [0, 0.1) is 0 Å². The number of para-hydroxylation sites is 1. The normalized spacial score (nSPS) is 15.9. The predicted octanol–water partition coefficient (Wildman–Crippen LogP) is 4.10. The molecule has 3 rings (SSSR count). The number of carbonyl (C=O) groups excluding carboxylic acids is 2. The lowest BCUT2D eigenvalue weighted by Crippen LogP contribution is -2.40. The Morgan fingerprint density at radius 1 is 1.12 bits per heavy atom. The second kappa shape index (κ2) is 8.85. The van der Waals surface area contributed by atoms with Gasteiger partial charge in [-0.15, -0.1) is 11.3 Å². The predicted molar refractivity (Wildman–Crippen MR) is 100 cm³/mol. The van der Waals surface area contributed by atoms with Crippen molar-refractivity contribution >= 4 is 23.2 Å². The van der Waals surface area contributed by atoms with Gasteiger partial charge in [0, 0.05) is 11.6 Å². The highest BCUT2D eigenvalue weighted by molar-refractivity contribution is 7.11. The number of hydrogen-bond donors (Lipinski definition) is 1. The van der Waals surface area contributed by atoms with Crippen LogP contribution in [0.4, 0.5) is 0 Å². The van der Waals surface area contributed by atoms with Crippen LogP contribution in [0.2, 0.25) is 0 Å². The highest BCUT2D eigenvalue weighted by Crippen LogP contribution is 2.30. The summed E-state index contributed by atoms with van der Waals surface area (Å²) in [5, 5.41) is 4.85. The van der Waals surface area contributed by atoms with Crippen LogP contribution in [0.3, 0.4) is 0 Å². The summed E-state index contributed by atoms with van der Waals surface area (Å²) in [7, 11) is 1.54. The largest absolute Gasteiger partial charge is 0.496 e. The highest BCUT2D eigenvalue weighted by Gasteiger charge is 2.30. The molecule has 0 bridgehead atoms. The van der Waals surface area contributed by atoms with Crippen LogP contribution in [0.25, 0.3) is 0 Å². The Morgan fingerprint density at radius 3 is 2.58 bits per heavy atom. The highest BCUT2D eigenvalue weighted by atomic mass is 32.1. The van der Waals surface area contributed by atoms with Crippen molar-refractivity contribution in [1.29, 1.82) is 0 Å². The third-order valence-corrected chi connectivity index (χ3v) is 5.41. The first kappa shape index (κ1) is 18.5. The van der Waals surface area contributed by atoms with Crippen molar-refractivity contribution in [3.63, 3.8) is 0 Å². The van der Waals surface area contributed by atoms with Gasteiger partial charge in [0.05, 0.1) is 7.11 Å². The van der Waals surface area contributed by atoms with Gasteiger partial charge < -0.3 is 14.8 Å². The molecule has 138 valence electrons. The van der Waals surface area contributed by atoms with E-state index in [0.717, 1.165) is 25.7 Å². The molecule has 1 aliphatic rings. The Kier molecular flexibility index (Phi) is 6.28. The molecule has 1 heterocycles. The van der Waals surface area contributed by atoms with Crippen molar-refractivity contribution < 1.29 is 19.1 Å². The number of methoxy groups -OCH3 is 1. The van der Waals surface area contributed by atoms with Crippen molar-refractivity contribution in [2.24, 2.45) is 0 Å². The van der Waals surface area contributed by atoms with Gasteiger partial charge in [0.25, 0.3) is 5.91 Å². The second-order valence-electron chi connectivity index (χ2n) is 6.35. The molecule has 0 radical (unpaired) electrons. The topological polar surface area (TPSA) is 64.6 Å². The molecule has 0 saturated heterocycles. The second-order valence-corrected chi connectivity index (χ2v) is 7.30. The van der Waals surface area contributed by atoms with Crippen LogP contribution >= 0.6 is 11.3 Å². The number of nitrogens with one attached hydrogen (secondary N) is 1. The monoisotopic (exact) mass is 373 g/mol. The maximum atomic E-state index is 12.9. The number of rotatable bonds is 6. The lowest BCUT2D eigenvalue weighted by molar-refractivity contribution is -0.131. The van der Waals surface area contributed by atoms with E-state index in [9.17, 15) is 9.59 Å². The fourth-order valence-electron chi connectivity index (χ4n) is 3.22. The molecule has 1 fully saturated rings. The summed E-state index contributed by atoms with van der Waals surface area (Å²) in [6, 6.07) is 10.7. The van der Waals surface area contributed by atoms with Gasteiger partial charge in [-0.25, -0.2) is 4.79 Å². The van der Waals surface area contributed by atoms with Gasteiger partial charge in [-0.3, -0.25) is 4.79 Å². The van der Waals surface area contributed by atoms with E-state index < -0.39 is 12.1 Å². The molecule has 1 aromatic carbocycles. The number of ether oxygens (including phenoxy) is 2. The zero-order chi connectivity index (χ0) is 18.4. The standard InChI is InChI=1S/C20H23NO4S/c1-24-16-11-6-5-10-15(16)18(25-20(23)17-12-7-13-26-17)19(22)21-14-8-3-2-4-9-14/h5-7,10-14,18H,2-4,8-9H2,1H3,(H,21,22). The summed E-state index contributed by atoms with van der Waals surface area (Å²) >= 11 is 1.29. The van der Waals surface area contributed by atoms with Gasteiger partial charge >= 0.3 is 5.97 Å². The molecular weight excluding hydrogens is 350 g/mol. The van der Waals surface area contributed by atoms with Crippen LogP contribution in [-0.2, 0) is 9.53 Å². The average molecular weight is 373 g/mol. The smallest absolute Gasteiger partial charge is 0.349 e. The number of benzene rings is 1. The van der Waals surface area contributed by atoms with Gasteiger partial charge in [0.15, 0.2) is 0 Å². The van der Waals surface area contributed by atoms with Gasteiger partial charge in [-0.05, 0) is 30.4 Å². The Hall–Kier alpha value is -2.34. The summed E-state index contributed by atoms with van der Waals surface area (Å²) in [5.41, 5.74) is 0.549. The number of esters is 1. The molecule has 1 aromatic heterocycles. The molecule has 1 amide bonds. The fraction of sp³-hybridized carbons (Fsp3) is 0.400. The first-order valence-electron chi connectivity index (χ1n) is 8.87. The van der Waals surface area contributed by atoms with Gasteiger partial charge in [-0.1, -0.05) is 43.5 Å². The van der Waals surface area contributed by atoms with Crippen molar-refractivity contribution in [2.75, 3.05) is 7.11 Å². The van der Waals surface area contributed by atoms with Crippen molar-refractivity contribution in [2.45, 2.75) is 44.2 Å². The van der Waals surface area contributed by atoms with E-state index >= 15 is 0 Å². The number of hydrogen-bond acceptors (Lipinski definition) is 5. The average Bonchev–Trinajstić information content (AvgIpc) is 3.21. The quantitative estimate of drug-likeness (QED) is 0.774. The number of thiophene rings is 1. The van der Waals surface area contributed by atoms with Gasteiger partial charge in [-0.2, -0.15) is 0 Å². The molecule has 5 nitrogen and oxygen atoms in total. The van der Waals surface area contributed by atoms with Crippen LogP contribution in [0.15, 0.2) is 41.8 Å². The van der Waals surface area contributed by atoms with Crippen LogP contribution < -0.4 is 10.1 Å². The molecule has 6 heteroatoms. The Morgan fingerprint density at radius 2 is 1.88 bits per heavy atom. The third-order valence-electron chi connectivity index (χ3n) is 4.56. The lowest BCUT2D eigenvalue weighted by atomic mass is 9.95.